The van der Waals surface area contributed by atoms with Crippen molar-refractivity contribution in [2.24, 2.45) is 0 Å². The zero-order valence-electron chi connectivity index (χ0n) is 16.9. The molecule has 1 unspecified atom stereocenters. The number of hydrogen-bond acceptors (Lipinski definition) is 5. The summed E-state index contributed by atoms with van der Waals surface area (Å²) in [4.78, 5) is 35.9. The van der Waals surface area contributed by atoms with Crippen molar-refractivity contribution in [1.29, 1.82) is 0 Å². The van der Waals surface area contributed by atoms with E-state index < -0.39 is 0 Å². The van der Waals surface area contributed by atoms with Crippen LogP contribution in [0.5, 0.6) is 0 Å². The molecule has 1 saturated heterocycles. The van der Waals surface area contributed by atoms with Crippen molar-refractivity contribution in [3.05, 3.63) is 89.1 Å². The van der Waals surface area contributed by atoms with E-state index in [-0.39, 0.29) is 17.5 Å². The van der Waals surface area contributed by atoms with Crippen molar-refractivity contribution in [2.45, 2.75) is 25.4 Å². The van der Waals surface area contributed by atoms with Crippen LogP contribution in [0.25, 0.3) is 22.2 Å². The molecule has 3 aromatic heterocycles. The molecule has 0 spiro atoms. The zero-order valence-corrected chi connectivity index (χ0v) is 16.9. The highest BCUT2D eigenvalue weighted by atomic mass is 16.2. The maximum absolute atomic E-state index is 13.3. The first kappa shape index (κ1) is 19.1. The molecular formula is C24H21N5O2. The van der Waals surface area contributed by atoms with Crippen LogP contribution in [0.4, 0.5) is 0 Å². The van der Waals surface area contributed by atoms with Gasteiger partial charge in [0, 0.05) is 47.7 Å². The van der Waals surface area contributed by atoms with Gasteiger partial charge in [-0.2, -0.15) is 5.10 Å². The summed E-state index contributed by atoms with van der Waals surface area (Å²) in [6.07, 6.45) is 6.88. The lowest BCUT2D eigenvalue weighted by atomic mass is 10.1. The summed E-state index contributed by atoms with van der Waals surface area (Å²) >= 11 is 0. The van der Waals surface area contributed by atoms with Crippen molar-refractivity contribution in [2.75, 3.05) is 6.54 Å². The van der Waals surface area contributed by atoms with Crippen LogP contribution in [0, 0.1) is 0 Å². The molecule has 0 N–H and O–H groups in total. The van der Waals surface area contributed by atoms with Gasteiger partial charge in [0.25, 0.3) is 11.5 Å². The van der Waals surface area contributed by atoms with Gasteiger partial charge in [-0.05, 0) is 55.3 Å². The molecule has 7 heteroatoms. The molecule has 0 radical (unpaired) electrons. The Morgan fingerprint density at radius 2 is 1.90 bits per heavy atom. The van der Waals surface area contributed by atoms with Crippen LogP contribution < -0.4 is 5.56 Å². The molecule has 5 rings (SSSR count). The fourth-order valence-corrected chi connectivity index (χ4v) is 4.12. The van der Waals surface area contributed by atoms with Gasteiger partial charge < -0.3 is 4.90 Å². The second kappa shape index (κ2) is 8.10. The zero-order chi connectivity index (χ0) is 21.2. The lowest BCUT2D eigenvalue weighted by Crippen LogP contribution is -2.40. The van der Waals surface area contributed by atoms with Crippen LogP contribution in [0.1, 0.15) is 23.2 Å². The molecule has 0 saturated carbocycles. The van der Waals surface area contributed by atoms with Gasteiger partial charge in [0.05, 0.1) is 23.8 Å². The Kier molecular flexibility index (Phi) is 5.00. The molecule has 1 aliphatic heterocycles. The number of aromatic nitrogens is 4. The summed E-state index contributed by atoms with van der Waals surface area (Å²) in [5.41, 5.74) is 2.93. The molecule has 154 valence electrons. The Balaban J connectivity index is 1.40. The smallest absolute Gasteiger partial charge is 0.266 e. The summed E-state index contributed by atoms with van der Waals surface area (Å²) in [6.45, 7) is 1.05. The average molecular weight is 411 g/mol. The maximum atomic E-state index is 13.3. The second-order valence-corrected chi connectivity index (χ2v) is 7.68. The number of likely N-dealkylation sites (tertiary alicyclic amines) is 1. The van der Waals surface area contributed by atoms with E-state index in [0.717, 1.165) is 29.3 Å². The van der Waals surface area contributed by atoms with Gasteiger partial charge in [-0.25, -0.2) is 4.68 Å². The van der Waals surface area contributed by atoms with Gasteiger partial charge >= 0.3 is 0 Å². The van der Waals surface area contributed by atoms with Crippen LogP contribution in [0.2, 0.25) is 0 Å². The number of amides is 1. The minimum absolute atomic E-state index is 0.0217. The molecule has 1 atom stereocenters. The number of nitrogens with zero attached hydrogens (tertiary/aromatic N) is 5. The summed E-state index contributed by atoms with van der Waals surface area (Å²) in [5, 5.41) is 5.48. The molecule has 1 aliphatic rings. The van der Waals surface area contributed by atoms with E-state index in [9.17, 15) is 9.59 Å². The van der Waals surface area contributed by atoms with E-state index in [1.165, 1.54) is 10.7 Å². The third-order valence-electron chi connectivity index (χ3n) is 5.71. The summed E-state index contributed by atoms with van der Waals surface area (Å²) < 4.78 is 1.47. The van der Waals surface area contributed by atoms with Crippen LogP contribution in [-0.4, -0.2) is 43.1 Å². The Hall–Kier alpha value is -3.87. The van der Waals surface area contributed by atoms with Crippen LogP contribution in [-0.2, 0) is 6.54 Å². The molecule has 1 amide bonds. The van der Waals surface area contributed by atoms with E-state index in [0.29, 0.717) is 24.3 Å². The first-order chi connectivity index (χ1) is 15.2. The van der Waals surface area contributed by atoms with E-state index in [1.807, 2.05) is 47.4 Å². The quantitative estimate of drug-likeness (QED) is 0.515. The third-order valence-corrected chi connectivity index (χ3v) is 5.71. The van der Waals surface area contributed by atoms with Gasteiger partial charge in [0.1, 0.15) is 0 Å². The number of rotatable bonds is 4. The highest BCUT2D eigenvalue weighted by Gasteiger charge is 2.30. The van der Waals surface area contributed by atoms with Crippen LogP contribution >= 0.6 is 0 Å². The Morgan fingerprint density at radius 1 is 1.03 bits per heavy atom. The fraction of sp³-hybridized carbons (Fsp3) is 0.208. The van der Waals surface area contributed by atoms with Crippen molar-refractivity contribution in [3.63, 3.8) is 0 Å². The highest BCUT2D eigenvalue weighted by Crippen LogP contribution is 2.23. The number of carbonyl (C=O) groups excluding carboxylic acids is 1. The average Bonchev–Trinajstić information content (AvgIpc) is 3.28. The van der Waals surface area contributed by atoms with Crippen LogP contribution in [0.15, 0.2) is 78.0 Å². The minimum atomic E-state index is -0.172. The van der Waals surface area contributed by atoms with Gasteiger partial charge in [-0.3, -0.25) is 19.6 Å². The van der Waals surface area contributed by atoms with Crippen molar-refractivity contribution < 1.29 is 4.79 Å². The van der Waals surface area contributed by atoms with E-state index in [2.05, 4.69) is 15.1 Å². The van der Waals surface area contributed by atoms with Crippen LogP contribution in [0.3, 0.4) is 0 Å². The molecule has 4 heterocycles. The normalized spacial score (nSPS) is 16.0. The minimum Gasteiger partial charge on any atom is -0.334 e. The Labute approximate surface area is 179 Å². The molecule has 0 bridgehead atoms. The van der Waals surface area contributed by atoms with E-state index in [4.69, 9.17) is 0 Å². The van der Waals surface area contributed by atoms with Gasteiger partial charge in [0.2, 0.25) is 0 Å². The predicted molar refractivity (Wildman–Crippen MR) is 118 cm³/mol. The van der Waals surface area contributed by atoms with E-state index >= 15 is 0 Å². The molecule has 7 nitrogen and oxygen atoms in total. The molecule has 4 aromatic rings. The molecule has 1 aromatic carbocycles. The molecule has 31 heavy (non-hydrogen) atoms. The maximum Gasteiger partial charge on any atom is 0.266 e. The Morgan fingerprint density at radius 3 is 2.77 bits per heavy atom. The largest absolute Gasteiger partial charge is 0.334 e. The third kappa shape index (κ3) is 3.82. The summed E-state index contributed by atoms with van der Waals surface area (Å²) in [6, 6.07) is 16.3. The summed E-state index contributed by atoms with van der Waals surface area (Å²) in [5.74, 6) is -0.0217. The number of pyridine rings is 2. The number of benzene rings is 1. The second-order valence-electron chi connectivity index (χ2n) is 7.68. The Bertz CT molecular complexity index is 1300. The molecule has 1 fully saturated rings. The predicted octanol–water partition coefficient (Wildman–Crippen LogP) is 3.16. The van der Waals surface area contributed by atoms with Gasteiger partial charge in [-0.15, -0.1) is 0 Å². The first-order valence-electron chi connectivity index (χ1n) is 10.3. The van der Waals surface area contributed by atoms with Gasteiger partial charge in [0.15, 0.2) is 0 Å². The summed E-state index contributed by atoms with van der Waals surface area (Å²) in [7, 11) is 0. The van der Waals surface area contributed by atoms with Crippen molar-refractivity contribution in [3.8, 4) is 11.3 Å². The SMILES string of the molecule is O=C(c1ccc2ncccc2c1)N1CCCC1Cn1nc(-c2ccncc2)ccc1=O. The fourth-order valence-electron chi connectivity index (χ4n) is 4.12. The monoisotopic (exact) mass is 411 g/mol. The first-order valence-corrected chi connectivity index (χ1v) is 10.3. The number of hydrogen-bond donors (Lipinski definition) is 0. The molecule has 0 aliphatic carbocycles. The number of carbonyl (C=O) groups is 1. The van der Waals surface area contributed by atoms with Gasteiger partial charge in [-0.1, -0.05) is 6.07 Å². The standard InChI is InChI=1S/C24H21N5O2/c30-23-8-7-22(17-9-12-25-13-10-17)27-29(23)16-20-4-2-14-28(20)24(31)19-5-6-21-18(15-19)3-1-11-26-21/h1,3,5-13,15,20H,2,4,14,16H2. The topological polar surface area (TPSA) is 81.0 Å². The number of fused-ring (bicyclic) bond motifs is 1. The van der Waals surface area contributed by atoms with Crippen molar-refractivity contribution >= 4 is 16.8 Å². The molecular weight excluding hydrogens is 390 g/mol. The lowest BCUT2D eigenvalue weighted by Gasteiger charge is -2.25. The highest BCUT2D eigenvalue weighted by molar-refractivity contribution is 5.98. The lowest BCUT2D eigenvalue weighted by molar-refractivity contribution is 0.0720. The van der Waals surface area contributed by atoms with Crippen molar-refractivity contribution in [1.82, 2.24) is 24.6 Å². The van der Waals surface area contributed by atoms with E-state index in [1.54, 1.807) is 24.7 Å².